The number of carbonyl (C=O) groups excluding carboxylic acids is 2. The number of hydrogen-bond acceptors (Lipinski definition) is 5. The molecule has 0 bridgehead atoms. The third kappa shape index (κ3) is 5.98. The molecule has 0 spiro atoms. The highest BCUT2D eigenvalue weighted by molar-refractivity contribution is 8.00. The SMILES string of the molecule is CCC(Sc1cccc(NC(C)=O)c1)C(=O)Nc1nc(-c2ccc(Cl)c(Cl)c2)cs1. The van der Waals surface area contributed by atoms with Crippen molar-refractivity contribution in [2.45, 2.75) is 30.4 Å². The summed E-state index contributed by atoms with van der Waals surface area (Å²) in [5.41, 5.74) is 2.25. The van der Waals surface area contributed by atoms with Gasteiger partial charge in [0.1, 0.15) is 0 Å². The molecule has 0 fully saturated rings. The molecule has 5 nitrogen and oxygen atoms in total. The highest BCUT2D eigenvalue weighted by Crippen LogP contribution is 2.32. The lowest BCUT2D eigenvalue weighted by atomic mass is 10.2. The molecule has 0 aliphatic carbocycles. The van der Waals surface area contributed by atoms with Gasteiger partial charge in [-0.05, 0) is 36.8 Å². The molecule has 0 saturated carbocycles. The maximum Gasteiger partial charge on any atom is 0.239 e. The molecule has 0 aliphatic rings. The van der Waals surface area contributed by atoms with Crippen molar-refractivity contribution in [2.75, 3.05) is 10.6 Å². The van der Waals surface area contributed by atoms with Crippen molar-refractivity contribution < 1.29 is 9.59 Å². The van der Waals surface area contributed by atoms with Crippen LogP contribution in [0.4, 0.5) is 10.8 Å². The van der Waals surface area contributed by atoms with E-state index in [1.807, 2.05) is 42.6 Å². The molecule has 1 heterocycles. The van der Waals surface area contributed by atoms with Gasteiger partial charge in [-0.2, -0.15) is 0 Å². The van der Waals surface area contributed by atoms with E-state index in [0.717, 1.165) is 16.2 Å². The Labute approximate surface area is 193 Å². The van der Waals surface area contributed by atoms with Crippen LogP contribution in [-0.2, 0) is 9.59 Å². The second-order valence-corrected chi connectivity index (χ2v) is 9.33. The molecular weight excluding hydrogens is 461 g/mol. The minimum atomic E-state index is -0.296. The predicted octanol–water partition coefficient (Wildman–Crippen LogP) is 6.58. The van der Waals surface area contributed by atoms with Crippen LogP contribution in [0, 0.1) is 0 Å². The summed E-state index contributed by atoms with van der Waals surface area (Å²) in [7, 11) is 0. The number of halogens is 2. The summed E-state index contributed by atoms with van der Waals surface area (Å²) in [5.74, 6) is -0.258. The maximum atomic E-state index is 12.8. The van der Waals surface area contributed by atoms with Crippen molar-refractivity contribution in [1.82, 2.24) is 4.98 Å². The summed E-state index contributed by atoms with van der Waals surface area (Å²) in [6.45, 7) is 3.42. The summed E-state index contributed by atoms with van der Waals surface area (Å²) in [5, 5.41) is 8.67. The van der Waals surface area contributed by atoms with Gasteiger partial charge in [0.25, 0.3) is 0 Å². The number of hydrogen-bond donors (Lipinski definition) is 2. The highest BCUT2D eigenvalue weighted by atomic mass is 35.5. The van der Waals surface area contributed by atoms with Gasteiger partial charge in [0.05, 0.1) is 21.0 Å². The molecule has 3 aromatic rings. The average Bonchev–Trinajstić information content (AvgIpc) is 3.16. The van der Waals surface area contributed by atoms with Crippen molar-refractivity contribution in [3.05, 3.63) is 57.9 Å². The quantitative estimate of drug-likeness (QED) is 0.375. The fraction of sp³-hybridized carbons (Fsp3) is 0.190. The molecule has 0 aliphatic heterocycles. The van der Waals surface area contributed by atoms with Crippen molar-refractivity contribution in [2.24, 2.45) is 0 Å². The Morgan fingerprint density at radius 1 is 1.13 bits per heavy atom. The van der Waals surface area contributed by atoms with Crippen LogP contribution in [-0.4, -0.2) is 22.0 Å². The summed E-state index contributed by atoms with van der Waals surface area (Å²) in [6, 6.07) is 12.7. The van der Waals surface area contributed by atoms with E-state index < -0.39 is 0 Å². The number of rotatable bonds is 7. The Morgan fingerprint density at radius 2 is 1.93 bits per heavy atom. The zero-order valence-corrected chi connectivity index (χ0v) is 19.4. The van der Waals surface area contributed by atoms with E-state index in [1.165, 1.54) is 30.0 Å². The number of aromatic nitrogens is 1. The van der Waals surface area contributed by atoms with E-state index in [-0.39, 0.29) is 17.1 Å². The predicted molar refractivity (Wildman–Crippen MR) is 127 cm³/mol. The van der Waals surface area contributed by atoms with Gasteiger partial charge in [0.2, 0.25) is 11.8 Å². The van der Waals surface area contributed by atoms with Crippen LogP contribution < -0.4 is 10.6 Å². The Morgan fingerprint density at radius 3 is 2.63 bits per heavy atom. The van der Waals surface area contributed by atoms with Gasteiger partial charge in [-0.1, -0.05) is 42.3 Å². The van der Waals surface area contributed by atoms with Gasteiger partial charge in [-0.3, -0.25) is 9.59 Å². The molecule has 156 valence electrons. The van der Waals surface area contributed by atoms with E-state index in [1.54, 1.807) is 12.1 Å². The summed E-state index contributed by atoms with van der Waals surface area (Å²) < 4.78 is 0. The highest BCUT2D eigenvalue weighted by Gasteiger charge is 2.20. The molecule has 1 atom stereocenters. The van der Waals surface area contributed by atoms with E-state index in [4.69, 9.17) is 23.2 Å². The van der Waals surface area contributed by atoms with Crippen molar-refractivity contribution in [3.63, 3.8) is 0 Å². The first-order valence-electron chi connectivity index (χ1n) is 9.12. The van der Waals surface area contributed by atoms with E-state index in [2.05, 4.69) is 15.6 Å². The van der Waals surface area contributed by atoms with Crippen LogP contribution in [0.3, 0.4) is 0 Å². The number of benzene rings is 2. The molecule has 2 aromatic carbocycles. The first-order valence-corrected chi connectivity index (χ1v) is 11.6. The number of thiazole rings is 1. The lowest BCUT2D eigenvalue weighted by Gasteiger charge is -2.14. The van der Waals surface area contributed by atoms with Crippen molar-refractivity contribution in [1.29, 1.82) is 0 Å². The van der Waals surface area contributed by atoms with Crippen LogP contribution >= 0.6 is 46.3 Å². The van der Waals surface area contributed by atoms with Gasteiger partial charge in [-0.15, -0.1) is 23.1 Å². The van der Waals surface area contributed by atoms with Gasteiger partial charge in [0.15, 0.2) is 5.13 Å². The van der Waals surface area contributed by atoms with Crippen molar-refractivity contribution in [3.8, 4) is 11.3 Å². The summed E-state index contributed by atoms with van der Waals surface area (Å²) >= 11 is 14.8. The maximum absolute atomic E-state index is 12.8. The topological polar surface area (TPSA) is 71.1 Å². The fourth-order valence-corrected chi connectivity index (χ4v) is 4.68. The minimum absolute atomic E-state index is 0.123. The van der Waals surface area contributed by atoms with Crippen LogP contribution in [0.15, 0.2) is 52.7 Å². The van der Waals surface area contributed by atoms with Gasteiger partial charge in [0, 0.05) is 28.5 Å². The average molecular weight is 480 g/mol. The van der Waals surface area contributed by atoms with Crippen molar-refractivity contribution >= 4 is 68.9 Å². The number of nitrogens with zero attached hydrogens (tertiary/aromatic N) is 1. The van der Waals surface area contributed by atoms with E-state index in [9.17, 15) is 9.59 Å². The van der Waals surface area contributed by atoms with Gasteiger partial charge in [-0.25, -0.2) is 4.98 Å². The normalized spacial score (nSPS) is 11.7. The van der Waals surface area contributed by atoms with Gasteiger partial charge < -0.3 is 10.6 Å². The first-order chi connectivity index (χ1) is 14.4. The van der Waals surface area contributed by atoms with Gasteiger partial charge >= 0.3 is 0 Å². The molecule has 2 N–H and O–H groups in total. The van der Waals surface area contributed by atoms with E-state index in [0.29, 0.717) is 27.3 Å². The molecule has 9 heteroatoms. The Kier molecular flexibility index (Phi) is 7.77. The van der Waals surface area contributed by atoms with Crippen LogP contribution in [0.1, 0.15) is 20.3 Å². The summed E-state index contributed by atoms with van der Waals surface area (Å²) in [4.78, 5) is 29.4. The monoisotopic (exact) mass is 479 g/mol. The smallest absolute Gasteiger partial charge is 0.239 e. The molecule has 0 radical (unpaired) electrons. The third-order valence-electron chi connectivity index (χ3n) is 4.05. The Hall–Kier alpha value is -2.06. The third-order valence-corrected chi connectivity index (χ3v) is 6.90. The lowest BCUT2D eigenvalue weighted by molar-refractivity contribution is -0.116. The number of anilines is 2. The second kappa shape index (κ2) is 10.3. The number of thioether (sulfide) groups is 1. The molecule has 1 unspecified atom stereocenters. The molecule has 0 saturated heterocycles. The fourth-order valence-electron chi connectivity index (χ4n) is 2.64. The number of carbonyl (C=O) groups is 2. The molecule has 2 amide bonds. The number of nitrogens with one attached hydrogen (secondary N) is 2. The largest absolute Gasteiger partial charge is 0.326 e. The Bertz CT molecular complexity index is 1070. The van der Waals surface area contributed by atoms with Crippen LogP contribution in [0.5, 0.6) is 0 Å². The Balaban J connectivity index is 1.68. The van der Waals surface area contributed by atoms with E-state index >= 15 is 0 Å². The standard InChI is InChI=1S/C21H19Cl2N3O2S2/c1-3-19(30-15-6-4-5-14(10-15)24-12(2)27)20(28)26-21-25-18(11-29-21)13-7-8-16(22)17(23)9-13/h4-11,19H,3H2,1-2H3,(H,24,27)(H,25,26,28). The zero-order valence-electron chi connectivity index (χ0n) is 16.2. The number of amides is 2. The summed E-state index contributed by atoms with van der Waals surface area (Å²) in [6.07, 6.45) is 0.645. The first kappa shape index (κ1) is 22.6. The molecule has 30 heavy (non-hydrogen) atoms. The van der Waals surface area contributed by atoms with Crippen LogP contribution in [0.25, 0.3) is 11.3 Å². The lowest BCUT2D eigenvalue weighted by Crippen LogP contribution is -2.24. The molecular formula is C21H19Cl2N3O2S2. The van der Waals surface area contributed by atoms with Crippen LogP contribution in [0.2, 0.25) is 10.0 Å². The minimum Gasteiger partial charge on any atom is -0.326 e. The zero-order chi connectivity index (χ0) is 21.7. The second-order valence-electron chi connectivity index (χ2n) is 6.38. The molecule has 3 rings (SSSR count). The molecule has 1 aromatic heterocycles.